The number of rotatable bonds is 4. The number of anilines is 3. The quantitative estimate of drug-likeness (QED) is 0.719. The maximum absolute atomic E-state index is 14.7. The normalized spacial score (nSPS) is 19.0. The number of halogens is 1. The van der Waals surface area contributed by atoms with Crippen molar-refractivity contribution >= 4 is 23.4 Å². The molecule has 1 aliphatic heterocycles. The van der Waals surface area contributed by atoms with E-state index in [0.717, 1.165) is 0 Å². The van der Waals surface area contributed by atoms with E-state index in [9.17, 15) is 14.3 Å². The molecule has 2 aromatic heterocycles. The highest BCUT2D eigenvalue weighted by Gasteiger charge is 2.38. The first-order valence-corrected chi connectivity index (χ1v) is 8.63. The lowest BCUT2D eigenvalue weighted by Gasteiger charge is -2.19. The standard InChI is InChI=1S/C19H18FN5O3/c1-11-18(26)28-19(27)25(11)13-4-5-14(15(20)9-13)12-3-6-16(21-10-12)22-17-7-8-24(2)23-17/h3-11,18,26H,1-2H3,(H,21,22,23)/t11?,18-/m1/s1. The van der Waals surface area contributed by atoms with Gasteiger partial charge in [0.2, 0.25) is 6.29 Å². The van der Waals surface area contributed by atoms with Crippen LogP contribution in [0.15, 0.2) is 48.8 Å². The first-order chi connectivity index (χ1) is 13.4. The fourth-order valence-corrected chi connectivity index (χ4v) is 3.02. The summed E-state index contributed by atoms with van der Waals surface area (Å²) in [6.07, 6.45) is 1.42. The Bertz CT molecular complexity index is 1020. The number of cyclic esters (lactones) is 1. The first kappa shape index (κ1) is 17.9. The van der Waals surface area contributed by atoms with Gasteiger partial charge in [0.05, 0.1) is 11.7 Å². The second kappa shape index (κ2) is 6.93. The average molecular weight is 383 g/mol. The number of nitrogens with zero attached hydrogens (tertiary/aromatic N) is 4. The van der Waals surface area contributed by atoms with Crippen molar-refractivity contribution < 1.29 is 19.0 Å². The van der Waals surface area contributed by atoms with E-state index in [-0.39, 0.29) is 0 Å². The van der Waals surface area contributed by atoms with Gasteiger partial charge in [-0.1, -0.05) is 0 Å². The van der Waals surface area contributed by atoms with Gasteiger partial charge in [0.25, 0.3) is 0 Å². The van der Waals surface area contributed by atoms with Crippen molar-refractivity contribution in [3.8, 4) is 11.1 Å². The monoisotopic (exact) mass is 383 g/mol. The molecule has 0 radical (unpaired) electrons. The maximum Gasteiger partial charge on any atom is 0.417 e. The van der Waals surface area contributed by atoms with Gasteiger partial charge < -0.3 is 15.2 Å². The molecule has 4 rings (SSSR count). The summed E-state index contributed by atoms with van der Waals surface area (Å²) in [5, 5.41) is 16.9. The molecule has 1 amide bonds. The summed E-state index contributed by atoms with van der Waals surface area (Å²) in [6, 6.07) is 9.10. The molecule has 1 unspecified atom stereocenters. The second-order valence-corrected chi connectivity index (χ2v) is 6.48. The molecule has 1 aliphatic rings. The molecular weight excluding hydrogens is 365 g/mol. The topological polar surface area (TPSA) is 92.5 Å². The zero-order valence-corrected chi connectivity index (χ0v) is 15.2. The highest BCUT2D eigenvalue weighted by Crippen LogP contribution is 2.31. The van der Waals surface area contributed by atoms with Crippen molar-refractivity contribution in [1.29, 1.82) is 0 Å². The molecule has 2 atom stereocenters. The van der Waals surface area contributed by atoms with E-state index >= 15 is 0 Å². The zero-order chi connectivity index (χ0) is 19.8. The molecule has 28 heavy (non-hydrogen) atoms. The van der Waals surface area contributed by atoms with Crippen LogP contribution in [0.1, 0.15) is 6.92 Å². The molecule has 144 valence electrons. The number of pyridine rings is 1. The molecule has 0 bridgehead atoms. The molecule has 1 saturated heterocycles. The van der Waals surface area contributed by atoms with E-state index in [1.807, 2.05) is 19.3 Å². The Morgan fingerprint density at radius 3 is 2.61 bits per heavy atom. The lowest BCUT2D eigenvalue weighted by Crippen LogP contribution is -2.33. The summed E-state index contributed by atoms with van der Waals surface area (Å²) in [5.41, 5.74) is 1.26. The lowest BCUT2D eigenvalue weighted by molar-refractivity contribution is -0.0312. The number of aryl methyl sites for hydroxylation is 1. The van der Waals surface area contributed by atoms with E-state index < -0.39 is 24.2 Å². The third-order valence-corrected chi connectivity index (χ3v) is 4.51. The fraction of sp³-hybridized carbons (Fsp3) is 0.211. The summed E-state index contributed by atoms with van der Waals surface area (Å²) in [4.78, 5) is 17.4. The Morgan fingerprint density at radius 2 is 2.04 bits per heavy atom. The molecule has 1 fully saturated rings. The van der Waals surface area contributed by atoms with Gasteiger partial charge in [0, 0.05) is 36.6 Å². The van der Waals surface area contributed by atoms with Crippen molar-refractivity contribution in [2.24, 2.45) is 7.05 Å². The van der Waals surface area contributed by atoms with Crippen molar-refractivity contribution in [3.63, 3.8) is 0 Å². The largest absolute Gasteiger partial charge is 0.417 e. The fourth-order valence-electron chi connectivity index (χ4n) is 3.02. The van der Waals surface area contributed by atoms with Gasteiger partial charge in [-0.25, -0.2) is 14.2 Å². The number of carbonyl (C=O) groups is 1. The van der Waals surface area contributed by atoms with Crippen LogP contribution in [0.5, 0.6) is 0 Å². The molecule has 3 heterocycles. The van der Waals surface area contributed by atoms with Gasteiger partial charge in [-0.15, -0.1) is 0 Å². The summed E-state index contributed by atoms with van der Waals surface area (Å²) >= 11 is 0. The van der Waals surface area contributed by atoms with Gasteiger partial charge in [-0.3, -0.25) is 9.58 Å². The number of hydrogen-bond donors (Lipinski definition) is 2. The number of ether oxygens (including phenoxy) is 1. The van der Waals surface area contributed by atoms with Crippen LogP contribution in [0.2, 0.25) is 0 Å². The van der Waals surface area contributed by atoms with Crippen molar-refractivity contribution in [3.05, 3.63) is 54.6 Å². The number of aliphatic hydroxyl groups excluding tert-OH is 1. The summed E-state index contributed by atoms with van der Waals surface area (Å²) in [6.45, 7) is 1.62. The maximum atomic E-state index is 14.7. The van der Waals surface area contributed by atoms with Crippen LogP contribution >= 0.6 is 0 Å². The van der Waals surface area contributed by atoms with Crippen LogP contribution in [0.25, 0.3) is 11.1 Å². The molecule has 3 aromatic rings. The van der Waals surface area contributed by atoms with Crippen molar-refractivity contribution in [2.75, 3.05) is 10.2 Å². The van der Waals surface area contributed by atoms with Gasteiger partial charge in [-0.2, -0.15) is 5.10 Å². The highest BCUT2D eigenvalue weighted by molar-refractivity contribution is 5.90. The van der Waals surface area contributed by atoms with E-state index in [1.165, 1.54) is 11.0 Å². The smallest absolute Gasteiger partial charge is 0.417 e. The van der Waals surface area contributed by atoms with Gasteiger partial charge in [0.1, 0.15) is 11.6 Å². The molecule has 0 spiro atoms. The zero-order valence-electron chi connectivity index (χ0n) is 15.2. The minimum atomic E-state index is -1.24. The Labute approximate surface area is 160 Å². The van der Waals surface area contributed by atoms with Gasteiger partial charge in [-0.05, 0) is 37.3 Å². The highest BCUT2D eigenvalue weighted by atomic mass is 19.1. The summed E-state index contributed by atoms with van der Waals surface area (Å²) in [7, 11) is 1.82. The molecule has 2 N–H and O–H groups in total. The van der Waals surface area contributed by atoms with Crippen LogP contribution < -0.4 is 10.2 Å². The number of carbonyl (C=O) groups excluding carboxylic acids is 1. The number of amides is 1. The molecule has 8 nitrogen and oxygen atoms in total. The Hall–Kier alpha value is -3.46. The van der Waals surface area contributed by atoms with E-state index in [4.69, 9.17) is 4.74 Å². The number of hydrogen-bond acceptors (Lipinski definition) is 6. The van der Waals surface area contributed by atoms with Crippen molar-refractivity contribution in [2.45, 2.75) is 19.3 Å². The molecule has 1 aromatic carbocycles. The molecular formula is C19H18FN5O3. The summed E-state index contributed by atoms with van der Waals surface area (Å²) < 4.78 is 21.1. The molecule has 0 aliphatic carbocycles. The van der Waals surface area contributed by atoms with Crippen LogP contribution in [0.3, 0.4) is 0 Å². The average Bonchev–Trinajstić information content (AvgIpc) is 3.18. The Balaban J connectivity index is 1.55. The molecule has 0 saturated carbocycles. The lowest BCUT2D eigenvalue weighted by atomic mass is 10.1. The minimum Gasteiger partial charge on any atom is -0.417 e. The minimum absolute atomic E-state index is 0.316. The van der Waals surface area contributed by atoms with E-state index in [2.05, 4.69) is 15.4 Å². The van der Waals surface area contributed by atoms with Crippen LogP contribution in [0, 0.1) is 5.82 Å². The van der Waals surface area contributed by atoms with E-state index in [0.29, 0.717) is 28.5 Å². The van der Waals surface area contributed by atoms with Crippen LogP contribution in [-0.2, 0) is 11.8 Å². The number of benzene rings is 1. The predicted octanol–water partition coefficient (Wildman–Crippen LogP) is 3.03. The number of aromatic nitrogens is 3. The van der Waals surface area contributed by atoms with E-state index in [1.54, 1.807) is 42.1 Å². The van der Waals surface area contributed by atoms with Gasteiger partial charge >= 0.3 is 6.09 Å². The summed E-state index contributed by atoms with van der Waals surface area (Å²) in [5.74, 6) is 0.736. The third kappa shape index (κ3) is 3.27. The Kier molecular flexibility index (Phi) is 4.44. The van der Waals surface area contributed by atoms with Crippen molar-refractivity contribution in [1.82, 2.24) is 14.8 Å². The third-order valence-electron chi connectivity index (χ3n) is 4.51. The molecule has 9 heteroatoms. The predicted molar refractivity (Wildman–Crippen MR) is 101 cm³/mol. The van der Waals surface area contributed by atoms with Crippen LogP contribution in [-0.4, -0.2) is 38.3 Å². The van der Waals surface area contributed by atoms with Crippen LogP contribution in [0.4, 0.5) is 26.5 Å². The van der Waals surface area contributed by atoms with Gasteiger partial charge in [0.15, 0.2) is 5.82 Å². The Morgan fingerprint density at radius 1 is 1.21 bits per heavy atom. The first-order valence-electron chi connectivity index (χ1n) is 8.63. The SMILES string of the molecule is CC1[C@H](O)OC(=O)N1c1ccc(-c2ccc(Nc3ccn(C)n3)nc2)c(F)c1. The number of aliphatic hydroxyl groups is 1. The second-order valence-electron chi connectivity index (χ2n) is 6.48. The number of nitrogens with one attached hydrogen (secondary N) is 1.